The second-order valence-corrected chi connectivity index (χ2v) is 4.57. The lowest BCUT2D eigenvalue weighted by atomic mass is 10.1. The third kappa shape index (κ3) is 4.52. The van der Waals surface area contributed by atoms with E-state index in [0.29, 0.717) is 11.1 Å². The van der Waals surface area contributed by atoms with Crippen molar-refractivity contribution in [3.8, 4) is 6.07 Å². The zero-order valence-corrected chi connectivity index (χ0v) is 10.2. The predicted molar refractivity (Wildman–Crippen MR) is 65.9 cm³/mol. The maximum absolute atomic E-state index is 11.6. The van der Waals surface area contributed by atoms with Crippen LogP contribution >= 0.6 is 0 Å². The first-order valence-electron chi connectivity index (χ1n) is 5.32. The van der Waals surface area contributed by atoms with Crippen molar-refractivity contribution in [3.63, 3.8) is 0 Å². The van der Waals surface area contributed by atoms with Crippen LogP contribution in [0.15, 0.2) is 36.4 Å². The Labute approximate surface area is 101 Å². The second kappa shape index (κ2) is 5.31. The lowest BCUT2D eigenvalue weighted by molar-refractivity contribution is -0.148. The van der Waals surface area contributed by atoms with Gasteiger partial charge in [0.15, 0.2) is 0 Å². The number of nitrogens with zero attached hydrogens (tertiary/aromatic N) is 1. The van der Waals surface area contributed by atoms with Gasteiger partial charge in [-0.15, -0.1) is 0 Å². The molecule has 0 heterocycles. The normalized spacial score (nSPS) is 11.8. The van der Waals surface area contributed by atoms with Crippen LogP contribution in [0.5, 0.6) is 0 Å². The fourth-order valence-electron chi connectivity index (χ4n) is 1.25. The van der Waals surface area contributed by atoms with Crippen LogP contribution < -0.4 is 0 Å². The summed E-state index contributed by atoms with van der Waals surface area (Å²) in [4.78, 5) is 11.6. The number of ether oxygens (including phenoxy) is 1. The fraction of sp³-hybridized carbons (Fsp3) is 0.286. The van der Waals surface area contributed by atoms with E-state index in [0.717, 1.165) is 0 Å². The summed E-state index contributed by atoms with van der Waals surface area (Å²) in [5.74, 6) is -0.502. The lowest BCUT2D eigenvalue weighted by Gasteiger charge is -2.18. The Bertz CT molecular complexity index is 461. The van der Waals surface area contributed by atoms with Crippen LogP contribution in [-0.2, 0) is 9.53 Å². The molecular formula is C14H15NO2. The second-order valence-electron chi connectivity index (χ2n) is 4.57. The minimum Gasteiger partial charge on any atom is -0.457 e. The van der Waals surface area contributed by atoms with Gasteiger partial charge >= 0.3 is 5.97 Å². The molecule has 3 heteroatoms. The standard InChI is InChI=1S/C14H15NO2/c1-14(2,3)17-13(16)9-12(10-15)11-7-5-4-6-8-11/h4-9H,1-3H3/b12-9+. The summed E-state index contributed by atoms with van der Waals surface area (Å²) in [5.41, 5.74) is 0.464. The Morgan fingerprint density at radius 2 is 1.88 bits per heavy atom. The Morgan fingerprint density at radius 1 is 1.29 bits per heavy atom. The molecule has 0 saturated carbocycles. The van der Waals surface area contributed by atoms with Crippen LogP contribution in [-0.4, -0.2) is 11.6 Å². The maximum Gasteiger partial charge on any atom is 0.332 e. The quantitative estimate of drug-likeness (QED) is 0.445. The van der Waals surface area contributed by atoms with Gasteiger partial charge in [0.05, 0.1) is 5.57 Å². The van der Waals surface area contributed by atoms with Crippen LogP contribution in [0.4, 0.5) is 0 Å². The fourth-order valence-corrected chi connectivity index (χ4v) is 1.25. The van der Waals surface area contributed by atoms with Gasteiger partial charge in [-0.05, 0) is 26.3 Å². The van der Waals surface area contributed by atoms with Gasteiger partial charge in [0.1, 0.15) is 11.7 Å². The summed E-state index contributed by atoms with van der Waals surface area (Å²) in [6.07, 6.45) is 1.22. The number of carbonyl (C=O) groups excluding carboxylic acids is 1. The first kappa shape index (κ1) is 13.0. The summed E-state index contributed by atoms with van der Waals surface area (Å²) in [6, 6.07) is 11.0. The minimum absolute atomic E-state index is 0.305. The summed E-state index contributed by atoms with van der Waals surface area (Å²) in [7, 11) is 0. The van der Waals surface area contributed by atoms with E-state index in [4.69, 9.17) is 10.00 Å². The van der Waals surface area contributed by atoms with Gasteiger partial charge in [-0.1, -0.05) is 30.3 Å². The molecule has 0 bridgehead atoms. The molecule has 0 aliphatic rings. The van der Waals surface area contributed by atoms with E-state index in [9.17, 15) is 4.79 Å². The number of hydrogen-bond acceptors (Lipinski definition) is 3. The average Bonchev–Trinajstić information content (AvgIpc) is 2.24. The molecule has 0 fully saturated rings. The third-order valence-corrected chi connectivity index (χ3v) is 1.87. The molecule has 0 unspecified atom stereocenters. The predicted octanol–water partition coefficient (Wildman–Crippen LogP) is 2.94. The van der Waals surface area contributed by atoms with Gasteiger partial charge in [0, 0.05) is 6.08 Å². The molecule has 0 aliphatic heterocycles. The molecule has 1 aromatic rings. The number of carbonyl (C=O) groups is 1. The van der Waals surface area contributed by atoms with Crippen LogP contribution in [0.25, 0.3) is 5.57 Å². The molecule has 0 aliphatic carbocycles. The molecule has 1 aromatic carbocycles. The van der Waals surface area contributed by atoms with Gasteiger partial charge in [0.2, 0.25) is 0 Å². The van der Waals surface area contributed by atoms with Crippen molar-refractivity contribution in [2.45, 2.75) is 26.4 Å². The van der Waals surface area contributed by atoms with E-state index < -0.39 is 11.6 Å². The first-order valence-corrected chi connectivity index (χ1v) is 5.32. The lowest BCUT2D eigenvalue weighted by Crippen LogP contribution is -2.22. The Balaban J connectivity index is 2.90. The number of benzene rings is 1. The monoisotopic (exact) mass is 229 g/mol. The first-order chi connectivity index (χ1) is 7.92. The highest BCUT2D eigenvalue weighted by atomic mass is 16.6. The summed E-state index contributed by atoms with van der Waals surface area (Å²) < 4.78 is 5.13. The molecule has 0 spiro atoms. The number of esters is 1. The Morgan fingerprint density at radius 3 is 2.35 bits per heavy atom. The van der Waals surface area contributed by atoms with Crippen molar-refractivity contribution in [1.82, 2.24) is 0 Å². The maximum atomic E-state index is 11.6. The van der Waals surface area contributed by atoms with E-state index in [1.807, 2.05) is 24.3 Å². The van der Waals surface area contributed by atoms with Gasteiger partial charge in [-0.3, -0.25) is 0 Å². The molecule has 0 atom stereocenters. The van der Waals surface area contributed by atoms with E-state index in [1.54, 1.807) is 32.9 Å². The van der Waals surface area contributed by atoms with Crippen molar-refractivity contribution in [2.75, 3.05) is 0 Å². The largest absolute Gasteiger partial charge is 0.457 e. The van der Waals surface area contributed by atoms with Crippen LogP contribution in [0.3, 0.4) is 0 Å². The molecule has 1 rings (SSSR count). The third-order valence-electron chi connectivity index (χ3n) is 1.87. The molecule has 0 saturated heterocycles. The molecular weight excluding hydrogens is 214 g/mol. The SMILES string of the molecule is CC(C)(C)OC(=O)/C=C(\C#N)c1ccccc1. The zero-order chi connectivity index (χ0) is 12.9. The number of nitriles is 1. The topological polar surface area (TPSA) is 50.1 Å². The summed E-state index contributed by atoms with van der Waals surface area (Å²) in [5, 5.41) is 9.00. The molecule has 0 amide bonds. The average molecular weight is 229 g/mol. The van der Waals surface area contributed by atoms with Gasteiger partial charge < -0.3 is 4.74 Å². The van der Waals surface area contributed by atoms with Crippen LogP contribution in [0.1, 0.15) is 26.3 Å². The van der Waals surface area contributed by atoms with Gasteiger partial charge in [-0.2, -0.15) is 5.26 Å². The summed E-state index contributed by atoms with van der Waals surface area (Å²) >= 11 is 0. The van der Waals surface area contributed by atoms with E-state index in [-0.39, 0.29) is 0 Å². The van der Waals surface area contributed by atoms with Crippen molar-refractivity contribution in [2.24, 2.45) is 0 Å². The van der Waals surface area contributed by atoms with Gasteiger partial charge in [0.25, 0.3) is 0 Å². The Hall–Kier alpha value is -2.08. The molecule has 0 N–H and O–H groups in total. The number of hydrogen-bond donors (Lipinski definition) is 0. The minimum atomic E-state index is -0.551. The zero-order valence-electron chi connectivity index (χ0n) is 10.2. The van der Waals surface area contributed by atoms with Crippen molar-refractivity contribution in [1.29, 1.82) is 5.26 Å². The molecule has 0 aromatic heterocycles. The van der Waals surface area contributed by atoms with Crippen molar-refractivity contribution >= 4 is 11.5 Å². The van der Waals surface area contributed by atoms with Crippen molar-refractivity contribution in [3.05, 3.63) is 42.0 Å². The van der Waals surface area contributed by atoms with E-state index in [2.05, 4.69) is 0 Å². The molecule has 0 radical (unpaired) electrons. The summed E-state index contributed by atoms with van der Waals surface area (Å²) in [6.45, 7) is 5.36. The number of rotatable bonds is 2. The van der Waals surface area contributed by atoms with Gasteiger partial charge in [-0.25, -0.2) is 4.79 Å². The van der Waals surface area contributed by atoms with E-state index in [1.165, 1.54) is 6.08 Å². The molecule has 88 valence electrons. The molecule has 17 heavy (non-hydrogen) atoms. The Kier molecular flexibility index (Phi) is 4.06. The van der Waals surface area contributed by atoms with Crippen molar-refractivity contribution < 1.29 is 9.53 Å². The van der Waals surface area contributed by atoms with E-state index >= 15 is 0 Å². The van der Waals surface area contributed by atoms with Crippen LogP contribution in [0, 0.1) is 11.3 Å². The molecule has 3 nitrogen and oxygen atoms in total. The number of allylic oxidation sites excluding steroid dienone is 1. The smallest absolute Gasteiger partial charge is 0.332 e. The van der Waals surface area contributed by atoms with Crippen LogP contribution in [0.2, 0.25) is 0 Å². The highest BCUT2D eigenvalue weighted by Gasteiger charge is 2.15. The highest BCUT2D eigenvalue weighted by Crippen LogP contribution is 2.14. The highest BCUT2D eigenvalue weighted by molar-refractivity contribution is 5.95.